The van der Waals surface area contributed by atoms with E-state index in [0.29, 0.717) is 13.2 Å². The molecule has 0 saturated carbocycles. The Morgan fingerprint density at radius 2 is 1.97 bits per heavy atom. The van der Waals surface area contributed by atoms with Crippen LogP contribution in [0.5, 0.6) is 5.75 Å². The fourth-order valence-electron chi connectivity index (χ4n) is 3.33. The van der Waals surface area contributed by atoms with Crippen LogP contribution in [0.4, 0.5) is 5.69 Å². The maximum absolute atomic E-state index is 12.2. The van der Waals surface area contributed by atoms with Gasteiger partial charge in [0.15, 0.2) is 0 Å². The van der Waals surface area contributed by atoms with Crippen molar-refractivity contribution in [3.05, 3.63) is 59.7 Å². The molecule has 2 aromatic carbocycles. The zero-order valence-corrected chi connectivity index (χ0v) is 17.8. The highest BCUT2D eigenvalue weighted by Gasteiger charge is 2.23. The Morgan fingerprint density at radius 1 is 1.21 bits per heavy atom. The van der Waals surface area contributed by atoms with Crippen molar-refractivity contribution in [1.82, 2.24) is 5.32 Å². The van der Waals surface area contributed by atoms with Gasteiger partial charge in [-0.1, -0.05) is 24.3 Å². The molecular weight excluding hydrogens is 364 g/mol. The third kappa shape index (κ3) is 6.58. The Bertz CT molecular complexity index is 806. The van der Waals surface area contributed by atoms with Gasteiger partial charge < -0.3 is 20.1 Å². The maximum atomic E-state index is 12.2. The zero-order chi connectivity index (χ0) is 20.9. The van der Waals surface area contributed by atoms with E-state index >= 15 is 0 Å². The van der Waals surface area contributed by atoms with Crippen LogP contribution in [-0.4, -0.2) is 24.2 Å². The molecule has 2 atom stereocenters. The number of hydrogen-bond donors (Lipinski definition) is 2. The summed E-state index contributed by atoms with van der Waals surface area (Å²) in [5.41, 5.74) is 2.93. The minimum atomic E-state index is -0.318. The third-order valence-corrected chi connectivity index (χ3v) is 4.83. The van der Waals surface area contributed by atoms with Gasteiger partial charge in [0.1, 0.15) is 17.5 Å². The van der Waals surface area contributed by atoms with Crippen LogP contribution >= 0.6 is 0 Å². The minimum Gasteiger partial charge on any atom is -0.488 e. The lowest BCUT2D eigenvalue weighted by atomic mass is 10.1. The third-order valence-electron chi connectivity index (χ3n) is 4.83. The summed E-state index contributed by atoms with van der Waals surface area (Å²) in [6.07, 6.45) is 1.43. The van der Waals surface area contributed by atoms with Gasteiger partial charge in [-0.3, -0.25) is 4.79 Å². The van der Waals surface area contributed by atoms with Crippen molar-refractivity contribution in [2.24, 2.45) is 0 Å². The van der Waals surface area contributed by atoms with Crippen LogP contribution in [-0.2, 0) is 16.1 Å². The first-order chi connectivity index (χ1) is 13.8. The van der Waals surface area contributed by atoms with E-state index in [1.54, 1.807) is 0 Å². The lowest BCUT2D eigenvalue weighted by Gasteiger charge is -2.22. The van der Waals surface area contributed by atoms with E-state index in [4.69, 9.17) is 9.47 Å². The highest BCUT2D eigenvalue weighted by Crippen LogP contribution is 2.22. The normalized spacial score (nSPS) is 17.7. The van der Waals surface area contributed by atoms with Crippen molar-refractivity contribution in [3.8, 4) is 5.75 Å². The van der Waals surface area contributed by atoms with Gasteiger partial charge in [-0.2, -0.15) is 0 Å². The molecule has 1 amide bonds. The number of ether oxygens (including phenoxy) is 2. The fourth-order valence-corrected chi connectivity index (χ4v) is 3.33. The second kappa shape index (κ2) is 9.42. The van der Waals surface area contributed by atoms with Crippen molar-refractivity contribution in [1.29, 1.82) is 0 Å². The monoisotopic (exact) mass is 396 g/mol. The van der Waals surface area contributed by atoms with Gasteiger partial charge in [0.05, 0.1) is 0 Å². The van der Waals surface area contributed by atoms with E-state index in [-0.39, 0.29) is 23.7 Å². The first-order valence-electron chi connectivity index (χ1n) is 10.3. The number of carbonyl (C=O) groups is 1. The number of carbonyl (C=O) groups excluding carboxylic acids is 1. The fraction of sp³-hybridized carbons (Fsp3) is 0.458. The summed E-state index contributed by atoms with van der Waals surface area (Å²) in [6.45, 7) is 9.66. The van der Waals surface area contributed by atoms with E-state index in [2.05, 4.69) is 35.8 Å². The van der Waals surface area contributed by atoms with Crippen LogP contribution in [0.1, 0.15) is 57.7 Å². The molecular formula is C24H32N2O3. The molecule has 1 heterocycles. The molecule has 1 aliphatic heterocycles. The van der Waals surface area contributed by atoms with Crippen LogP contribution in [0.25, 0.3) is 0 Å². The molecule has 1 aliphatic rings. The molecule has 3 rings (SSSR count). The number of rotatable bonds is 7. The Morgan fingerprint density at radius 3 is 2.62 bits per heavy atom. The smallest absolute Gasteiger partial charge is 0.253 e. The molecule has 0 bridgehead atoms. The SMILES string of the molecule is C[C@@H](NCc1cccc(NC(=O)[C@H]2CCCO2)c1)c1ccc(OC(C)(C)C)cc1. The zero-order valence-electron chi connectivity index (χ0n) is 17.8. The van der Waals surface area contributed by atoms with E-state index < -0.39 is 0 Å². The highest BCUT2D eigenvalue weighted by molar-refractivity contribution is 5.94. The molecule has 156 valence electrons. The molecule has 29 heavy (non-hydrogen) atoms. The average molecular weight is 397 g/mol. The van der Waals surface area contributed by atoms with Crippen LogP contribution in [0.15, 0.2) is 48.5 Å². The second-order valence-corrected chi connectivity index (χ2v) is 8.58. The Kier molecular flexibility index (Phi) is 6.93. The summed E-state index contributed by atoms with van der Waals surface area (Å²) < 4.78 is 11.3. The number of benzene rings is 2. The largest absolute Gasteiger partial charge is 0.488 e. The van der Waals surface area contributed by atoms with Gasteiger partial charge in [-0.25, -0.2) is 0 Å². The van der Waals surface area contributed by atoms with Gasteiger partial charge in [0.2, 0.25) is 0 Å². The molecule has 0 aromatic heterocycles. The molecule has 5 heteroatoms. The predicted molar refractivity (Wildman–Crippen MR) is 116 cm³/mol. The standard InChI is InChI=1S/C24H32N2O3/c1-17(19-10-12-21(13-11-19)29-24(2,3)4)25-16-18-7-5-8-20(15-18)26-23(27)22-9-6-14-28-22/h5,7-8,10-13,15,17,22,25H,6,9,14,16H2,1-4H3,(H,26,27)/t17-,22-/m1/s1. The van der Waals surface area contributed by atoms with E-state index in [9.17, 15) is 4.79 Å². The van der Waals surface area contributed by atoms with Crippen molar-refractivity contribution in [2.75, 3.05) is 11.9 Å². The van der Waals surface area contributed by atoms with Crippen molar-refractivity contribution in [2.45, 2.75) is 64.8 Å². The topological polar surface area (TPSA) is 59.6 Å². The lowest BCUT2D eigenvalue weighted by Crippen LogP contribution is -2.27. The van der Waals surface area contributed by atoms with Crippen molar-refractivity contribution in [3.63, 3.8) is 0 Å². The number of amides is 1. The van der Waals surface area contributed by atoms with E-state index in [1.807, 2.05) is 51.1 Å². The van der Waals surface area contributed by atoms with Gasteiger partial charge in [0.25, 0.3) is 5.91 Å². The summed E-state index contributed by atoms with van der Waals surface area (Å²) in [5.74, 6) is 0.821. The summed E-state index contributed by atoms with van der Waals surface area (Å²) >= 11 is 0. The lowest BCUT2D eigenvalue weighted by molar-refractivity contribution is -0.124. The Hall–Kier alpha value is -2.37. The van der Waals surface area contributed by atoms with E-state index in [1.165, 1.54) is 5.56 Å². The van der Waals surface area contributed by atoms with Crippen molar-refractivity contribution >= 4 is 11.6 Å². The quantitative estimate of drug-likeness (QED) is 0.704. The molecule has 1 fully saturated rings. The minimum absolute atomic E-state index is 0.0569. The summed E-state index contributed by atoms with van der Waals surface area (Å²) in [5, 5.41) is 6.50. The number of hydrogen-bond acceptors (Lipinski definition) is 4. The van der Waals surface area contributed by atoms with Crippen LogP contribution in [0.2, 0.25) is 0 Å². The van der Waals surface area contributed by atoms with Crippen molar-refractivity contribution < 1.29 is 14.3 Å². The molecule has 0 aliphatic carbocycles. The summed E-state index contributed by atoms with van der Waals surface area (Å²) in [4.78, 5) is 12.2. The maximum Gasteiger partial charge on any atom is 0.253 e. The molecule has 0 spiro atoms. The van der Waals surface area contributed by atoms with Gasteiger partial charge in [-0.05, 0) is 75.9 Å². The molecule has 0 unspecified atom stereocenters. The summed E-state index contributed by atoms with van der Waals surface area (Å²) in [6, 6.07) is 16.4. The first-order valence-corrected chi connectivity index (χ1v) is 10.3. The Labute approximate surface area is 173 Å². The van der Waals surface area contributed by atoms with E-state index in [0.717, 1.165) is 29.8 Å². The van der Waals surface area contributed by atoms with Crippen LogP contribution in [0, 0.1) is 0 Å². The molecule has 5 nitrogen and oxygen atoms in total. The average Bonchev–Trinajstić information content (AvgIpc) is 3.21. The summed E-state index contributed by atoms with van der Waals surface area (Å²) in [7, 11) is 0. The molecule has 2 aromatic rings. The molecule has 1 saturated heterocycles. The number of anilines is 1. The highest BCUT2D eigenvalue weighted by atomic mass is 16.5. The van der Waals surface area contributed by atoms with Crippen LogP contribution < -0.4 is 15.4 Å². The first kappa shape index (κ1) is 21.3. The predicted octanol–water partition coefficient (Wildman–Crippen LogP) is 4.83. The number of nitrogens with one attached hydrogen (secondary N) is 2. The second-order valence-electron chi connectivity index (χ2n) is 8.58. The van der Waals surface area contributed by atoms with Gasteiger partial charge in [0, 0.05) is 24.9 Å². The van der Waals surface area contributed by atoms with Gasteiger partial charge in [-0.15, -0.1) is 0 Å². The van der Waals surface area contributed by atoms with Crippen LogP contribution in [0.3, 0.4) is 0 Å². The Balaban J connectivity index is 1.53. The van der Waals surface area contributed by atoms with Gasteiger partial charge >= 0.3 is 0 Å². The molecule has 0 radical (unpaired) electrons. The molecule has 2 N–H and O–H groups in total.